The average molecular weight is 471 g/mol. The van der Waals surface area contributed by atoms with Crippen LogP contribution < -0.4 is 19.6 Å². The van der Waals surface area contributed by atoms with Gasteiger partial charge in [-0.15, -0.1) is 0 Å². The summed E-state index contributed by atoms with van der Waals surface area (Å²) < 4.78 is 23.2. The molecule has 0 amide bonds. The molecule has 34 heavy (non-hydrogen) atoms. The highest BCUT2D eigenvalue weighted by Gasteiger charge is 2.22. The van der Waals surface area contributed by atoms with Crippen LogP contribution in [-0.4, -0.2) is 30.0 Å². The molecule has 0 fully saturated rings. The first kappa shape index (κ1) is 25.3. The van der Waals surface area contributed by atoms with Crippen molar-refractivity contribution in [3.63, 3.8) is 0 Å². The smallest absolute Gasteiger partial charge is 0.239 e. The van der Waals surface area contributed by atoms with Gasteiger partial charge < -0.3 is 28.8 Å². The van der Waals surface area contributed by atoms with Crippen molar-refractivity contribution in [2.75, 3.05) is 19.8 Å². The van der Waals surface area contributed by atoms with Gasteiger partial charge in [0.2, 0.25) is 11.2 Å². The quantitative estimate of drug-likeness (QED) is 0.279. The van der Waals surface area contributed by atoms with Gasteiger partial charge in [0.1, 0.15) is 22.5 Å². The highest BCUT2D eigenvalue weighted by molar-refractivity contribution is 5.88. The van der Waals surface area contributed by atoms with Crippen LogP contribution in [0.4, 0.5) is 0 Å². The Labute approximate surface area is 199 Å². The Kier molecular flexibility index (Phi) is 9.08. The Morgan fingerprint density at radius 3 is 2.09 bits per heavy atom. The molecule has 0 unspecified atom stereocenters. The maximum absolute atomic E-state index is 13.4. The molecule has 7 heteroatoms. The SMILES string of the molecule is CCCCOc1cc(O)c2c(=O)c(OCCCC)c(-c3ccc(OCCCC)c(O)c3)oc2c1. The maximum Gasteiger partial charge on any atom is 0.239 e. The van der Waals surface area contributed by atoms with Gasteiger partial charge in [0.05, 0.1) is 19.8 Å². The van der Waals surface area contributed by atoms with Gasteiger partial charge in [-0.25, -0.2) is 0 Å². The number of hydrogen-bond donors (Lipinski definition) is 2. The molecule has 1 heterocycles. The zero-order valence-corrected chi connectivity index (χ0v) is 20.2. The van der Waals surface area contributed by atoms with Crippen LogP contribution in [0.15, 0.2) is 39.5 Å². The monoisotopic (exact) mass is 470 g/mol. The number of hydrogen-bond acceptors (Lipinski definition) is 7. The van der Waals surface area contributed by atoms with Crippen LogP contribution >= 0.6 is 0 Å². The predicted molar refractivity (Wildman–Crippen MR) is 132 cm³/mol. The number of aromatic hydroxyl groups is 2. The first-order valence-electron chi connectivity index (χ1n) is 12.1. The zero-order chi connectivity index (χ0) is 24.5. The molecule has 0 aliphatic rings. The molecule has 3 rings (SSSR count). The van der Waals surface area contributed by atoms with Crippen LogP contribution in [0.5, 0.6) is 28.7 Å². The molecule has 0 aliphatic carbocycles. The van der Waals surface area contributed by atoms with Crippen molar-refractivity contribution in [1.29, 1.82) is 0 Å². The first-order chi connectivity index (χ1) is 16.5. The van der Waals surface area contributed by atoms with Crippen LogP contribution in [0.3, 0.4) is 0 Å². The second-order valence-corrected chi connectivity index (χ2v) is 8.19. The predicted octanol–water partition coefficient (Wildman–Crippen LogP) is 6.41. The van der Waals surface area contributed by atoms with Gasteiger partial charge in [-0.1, -0.05) is 40.0 Å². The number of rotatable bonds is 13. The third-order valence-electron chi connectivity index (χ3n) is 5.39. The molecule has 7 nitrogen and oxygen atoms in total. The van der Waals surface area contributed by atoms with E-state index in [9.17, 15) is 15.0 Å². The minimum atomic E-state index is -0.479. The highest BCUT2D eigenvalue weighted by atomic mass is 16.5. The fourth-order valence-electron chi connectivity index (χ4n) is 3.42. The molecule has 0 saturated carbocycles. The molecule has 0 radical (unpaired) electrons. The minimum absolute atomic E-state index is 0.00467. The van der Waals surface area contributed by atoms with E-state index in [1.54, 1.807) is 18.2 Å². The van der Waals surface area contributed by atoms with Crippen LogP contribution in [0.25, 0.3) is 22.3 Å². The van der Waals surface area contributed by atoms with Crippen molar-refractivity contribution in [2.24, 2.45) is 0 Å². The van der Waals surface area contributed by atoms with E-state index in [1.807, 2.05) is 6.92 Å². The third kappa shape index (κ3) is 5.95. The number of unbranched alkanes of at least 4 members (excludes halogenated alkanes) is 3. The van der Waals surface area contributed by atoms with Crippen molar-refractivity contribution in [2.45, 2.75) is 59.3 Å². The summed E-state index contributed by atoms with van der Waals surface area (Å²) in [4.78, 5) is 13.4. The molecule has 0 atom stereocenters. The summed E-state index contributed by atoms with van der Waals surface area (Å²) in [7, 11) is 0. The summed E-state index contributed by atoms with van der Waals surface area (Å²) in [6.45, 7) is 7.45. The van der Waals surface area contributed by atoms with Gasteiger partial charge >= 0.3 is 0 Å². The molecule has 3 aromatic rings. The van der Waals surface area contributed by atoms with Gasteiger partial charge in [0.15, 0.2) is 17.3 Å². The summed E-state index contributed by atoms with van der Waals surface area (Å²) in [5.74, 6) is 0.652. The Bertz CT molecular complexity index is 1150. The van der Waals surface area contributed by atoms with Crippen molar-refractivity contribution < 1.29 is 28.8 Å². The fourth-order valence-corrected chi connectivity index (χ4v) is 3.42. The Hall–Kier alpha value is -3.35. The third-order valence-corrected chi connectivity index (χ3v) is 5.39. The highest BCUT2D eigenvalue weighted by Crippen LogP contribution is 2.39. The summed E-state index contributed by atoms with van der Waals surface area (Å²) in [5.41, 5.74) is 0.160. The molecule has 0 bridgehead atoms. The minimum Gasteiger partial charge on any atom is -0.507 e. The van der Waals surface area contributed by atoms with E-state index < -0.39 is 5.43 Å². The van der Waals surface area contributed by atoms with Crippen LogP contribution in [0.1, 0.15) is 59.3 Å². The summed E-state index contributed by atoms with van der Waals surface area (Å²) >= 11 is 0. The van der Waals surface area contributed by atoms with Crippen molar-refractivity contribution >= 4 is 11.0 Å². The lowest BCUT2D eigenvalue weighted by Crippen LogP contribution is -2.11. The Morgan fingerprint density at radius 2 is 1.44 bits per heavy atom. The largest absolute Gasteiger partial charge is 0.507 e. The Morgan fingerprint density at radius 1 is 0.794 bits per heavy atom. The molecule has 0 aliphatic heterocycles. The zero-order valence-electron chi connectivity index (χ0n) is 20.2. The Balaban J connectivity index is 2.09. The van der Waals surface area contributed by atoms with E-state index in [1.165, 1.54) is 12.1 Å². The van der Waals surface area contributed by atoms with Crippen molar-refractivity contribution in [1.82, 2.24) is 0 Å². The molecular formula is C27H34O7. The summed E-state index contributed by atoms with van der Waals surface area (Å²) in [5, 5.41) is 21.1. The van der Waals surface area contributed by atoms with Crippen LogP contribution in [0.2, 0.25) is 0 Å². The number of fused-ring (bicyclic) bond motifs is 1. The van der Waals surface area contributed by atoms with Gasteiger partial charge in [0, 0.05) is 17.7 Å². The van der Waals surface area contributed by atoms with Crippen molar-refractivity contribution in [3.05, 3.63) is 40.6 Å². The van der Waals surface area contributed by atoms with E-state index in [2.05, 4.69) is 13.8 Å². The summed E-state index contributed by atoms with van der Waals surface area (Å²) in [6, 6.07) is 7.84. The standard InChI is InChI=1S/C27H34O7/c1-4-7-12-31-19-16-21(29)24-23(17-19)34-26(27(25(24)30)33-14-9-6-3)18-10-11-22(20(28)15-18)32-13-8-5-2/h10-11,15-17,28-29H,4-9,12-14H2,1-3H3. The second-order valence-electron chi connectivity index (χ2n) is 8.19. The van der Waals surface area contributed by atoms with Crippen LogP contribution in [-0.2, 0) is 0 Å². The van der Waals surface area contributed by atoms with E-state index in [0.29, 0.717) is 36.9 Å². The van der Waals surface area contributed by atoms with Gasteiger partial charge in [0.25, 0.3) is 0 Å². The number of benzene rings is 2. The maximum atomic E-state index is 13.4. The second kappa shape index (κ2) is 12.2. The van der Waals surface area contributed by atoms with Gasteiger partial charge in [-0.05, 0) is 37.5 Å². The molecule has 1 aromatic heterocycles. The topological polar surface area (TPSA) is 98.4 Å². The van der Waals surface area contributed by atoms with Crippen molar-refractivity contribution in [3.8, 4) is 40.1 Å². The summed E-state index contributed by atoms with van der Waals surface area (Å²) in [6.07, 6.45) is 5.34. The van der Waals surface area contributed by atoms with Gasteiger partial charge in [-0.3, -0.25) is 4.79 Å². The fraction of sp³-hybridized carbons (Fsp3) is 0.444. The average Bonchev–Trinajstić information content (AvgIpc) is 2.81. The van der Waals surface area contributed by atoms with E-state index in [0.717, 1.165) is 38.5 Å². The first-order valence-corrected chi connectivity index (χ1v) is 12.1. The van der Waals surface area contributed by atoms with E-state index in [4.69, 9.17) is 18.6 Å². The van der Waals surface area contributed by atoms with E-state index in [-0.39, 0.29) is 34.0 Å². The lowest BCUT2D eigenvalue weighted by molar-refractivity contribution is 0.292. The van der Waals surface area contributed by atoms with E-state index >= 15 is 0 Å². The van der Waals surface area contributed by atoms with Crippen LogP contribution in [0, 0.1) is 0 Å². The molecular weight excluding hydrogens is 436 g/mol. The lowest BCUT2D eigenvalue weighted by Gasteiger charge is -2.14. The molecule has 2 N–H and O–H groups in total. The molecule has 2 aromatic carbocycles. The lowest BCUT2D eigenvalue weighted by atomic mass is 10.1. The number of phenolic OH excluding ortho intramolecular Hbond substituents is 2. The number of ether oxygens (including phenoxy) is 3. The molecule has 184 valence electrons. The number of phenols is 2. The molecule has 0 spiro atoms. The normalized spacial score (nSPS) is 11.0. The molecule has 0 saturated heterocycles. The van der Waals surface area contributed by atoms with Gasteiger partial charge in [-0.2, -0.15) is 0 Å².